The van der Waals surface area contributed by atoms with E-state index >= 15 is 0 Å². The van der Waals surface area contributed by atoms with Crippen LogP contribution in [0.2, 0.25) is 0 Å². The maximum Gasteiger partial charge on any atom is 0.0946 e. The van der Waals surface area contributed by atoms with Crippen molar-refractivity contribution < 1.29 is 0 Å². The molecule has 1 aromatic carbocycles. The average molecular weight is 474 g/mol. The van der Waals surface area contributed by atoms with Gasteiger partial charge < -0.3 is 0 Å². The molecule has 2 atom stereocenters. The Labute approximate surface area is 216 Å². The topological polar surface area (TPSA) is 23.8 Å². The van der Waals surface area contributed by atoms with E-state index in [1.54, 1.807) is 5.56 Å². The van der Waals surface area contributed by atoms with Gasteiger partial charge in [0.15, 0.2) is 0 Å². The van der Waals surface area contributed by atoms with Gasteiger partial charge in [-0.25, -0.2) is 0 Å². The first-order valence-corrected chi connectivity index (χ1v) is 15.3. The molecule has 35 heavy (non-hydrogen) atoms. The fraction of sp³-hybridized carbons (Fsp3) is 0.735. The Balaban J connectivity index is 1.33. The maximum atomic E-state index is 10.1. The summed E-state index contributed by atoms with van der Waals surface area (Å²) < 4.78 is 0. The molecule has 2 fully saturated rings. The summed E-state index contributed by atoms with van der Waals surface area (Å²) in [5.41, 5.74) is 5.66. The fourth-order valence-electron chi connectivity index (χ4n) is 7.85. The Morgan fingerprint density at radius 2 is 1.37 bits per heavy atom. The van der Waals surface area contributed by atoms with Crippen LogP contribution in [0.1, 0.15) is 146 Å². The number of rotatable bonds is 9. The monoisotopic (exact) mass is 473 g/mol. The third-order valence-corrected chi connectivity index (χ3v) is 10.3. The maximum absolute atomic E-state index is 10.1. The van der Waals surface area contributed by atoms with E-state index < -0.39 is 0 Å². The summed E-state index contributed by atoms with van der Waals surface area (Å²) in [6.07, 6.45) is 21.4. The Morgan fingerprint density at radius 3 is 1.97 bits per heavy atom. The number of nitrogens with zero attached hydrogens (tertiary/aromatic N) is 1. The first-order chi connectivity index (χ1) is 17.1. The average Bonchev–Trinajstić information content (AvgIpc) is 2.92. The van der Waals surface area contributed by atoms with Crippen molar-refractivity contribution >= 4 is 0 Å². The molecule has 4 rings (SSSR count). The van der Waals surface area contributed by atoms with Gasteiger partial charge in [-0.3, -0.25) is 0 Å². The molecule has 0 saturated heterocycles. The number of nitriles is 1. The SMILES string of the molecule is CCCCC1CCC(C(C)C2=C(C#N)CC(c3ccc(C4CCC(CCC)CC4)cc3)CC2)CC1. The molecule has 0 N–H and O–H groups in total. The van der Waals surface area contributed by atoms with Crippen LogP contribution in [0.3, 0.4) is 0 Å². The molecule has 0 aromatic heterocycles. The fourth-order valence-corrected chi connectivity index (χ4v) is 7.85. The van der Waals surface area contributed by atoms with Crippen LogP contribution >= 0.6 is 0 Å². The second-order valence-corrected chi connectivity index (χ2v) is 12.4. The summed E-state index contributed by atoms with van der Waals surface area (Å²) in [4.78, 5) is 0. The largest absolute Gasteiger partial charge is 0.193 e. The van der Waals surface area contributed by atoms with Crippen molar-refractivity contribution in [3.8, 4) is 6.07 Å². The summed E-state index contributed by atoms with van der Waals surface area (Å²) in [6, 6.07) is 12.3. The van der Waals surface area contributed by atoms with Gasteiger partial charge in [0.25, 0.3) is 0 Å². The van der Waals surface area contributed by atoms with E-state index in [9.17, 15) is 5.26 Å². The molecule has 0 bridgehead atoms. The third kappa shape index (κ3) is 6.81. The van der Waals surface area contributed by atoms with Gasteiger partial charge >= 0.3 is 0 Å². The van der Waals surface area contributed by atoms with Crippen molar-refractivity contribution in [2.75, 3.05) is 0 Å². The van der Waals surface area contributed by atoms with Crippen LogP contribution in [0.25, 0.3) is 0 Å². The molecular formula is C34H51N. The molecule has 2 saturated carbocycles. The molecule has 1 aromatic rings. The van der Waals surface area contributed by atoms with Gasteiger partial charge in [-0.1, -0.05) is 95.6 Å². The van der Waals surface area contributed by atoms with Crippen molar-refractivity contribution in [2.24, 2.45) is 23.7 Å². The molecule has 2 unspecified atom stereocenters. The van der Waals surface area contributed by atoms with Crippen LogP contribution in [0.5, 0.6) is 0 Å². The van der Waals surface area contributed by atoms with Gasteiger partial charge in [-0.05, 0) is 104 Å². The lowest BCUT2D eigenvalue weighted by Crippen LogP contribution is -2.24. The molecule has 192 valence electrons. The summed E-state index contributed by atoms with van der Waals surface area (Å²) in [7, 11) is 0. The number of hydrogen-bond acceptors (Lipinski definition) is 1. The zero-order chi connectivity index (χ0) is 24.6. The van der Waals surface area contributed by atoms with E-state index in [2.05, 4.69) is 51.1 Å². The van der Waals surface area contributed by atoms with E-state index in [4.69, 9.17) is 0 Å². The van der Waals surface area contributed by atoms with Gasteiger partial charge in [0.1, 0.15) is 0 Å². The Hall–Kier alpha value is -1.55. The van der Waals surface area contributed by atoms with Crippen molar-refractivity contribution in [1.82, 2.24) is 0 Å². The van der Waals surface area contributed by atoms with E-state index in [1.807, 2.05) is 0 Å². The molecule has 3 aliphatic carbocycles. The molecule has 1 nitrogen and oxygen atoms in total. The van der Waals surface area contributed by atoms with Crippen molar-refractivity contribution in [3.63, 3.8) is 0 Å². The second-order valence-electron chi connectivity index (χ2n) is 12.4. The van der Waals surface area contributed by atoms with Gasteiger partial charge in [-0.2, -0.15) is 5.26 Å². The highest BCUT2D eigenvalue weighted by Crippen LogP contribution is 2.45. The predicted molar refractivity (Wildman–Crippen MR) is 149 cm³/mol. The quantitative estimate of drug-likeness (QED) is 0.350. The smallest absolute Gasteiger partial charge is 0.0946 e. The van der Waals surface area contributed by atoms with Crippen molar-refractivity contribution in [2.45, 2.75) is 135 Å². The van der Waals surface area contributed by atoms with Gasteiger partial charge in [0.2, 0.25) is 0 Å². The van der Waals surface area contributed by atoms with Crippen LogP contribution in [-0.2, 0) is 0 Å². The number of benzene rings is 1. The summed E-state index contributed by atoms with van der Waals surface area (Å²) in [5, 5.41) is 10.1. The van der Waals surface area contributed by atoms with E-state index in [0.717, 1.165) is 42.1 Å². The van der Waals surface area contributed by atoms with Crippen LogP contribution < -0.4 is 0 Å². The number of hydrogen-bond donors (Lipinski definition) is 0. The van der Waals surface area contributed by atoms with Gasteiger partial charge in [0.05, 0.1) is 6.07 Å². The van der Waals surface area contributed by atoms with Gasteiger partial charge in [0, 0.05) is 5.57 Å². The highest BCUT2D eigenvalue weighted by molar-refractivity contribution is 5.37. The summed E-state index contributed by atoms with van der Waals surface area (Å²) in [5.74, 6) is 4.63. The van der Waals surface area contributed by atoms with E-state index in [0.29, 0.717) is 11.8 Å². The van der Waals surface area contributed by atoms with E-state index in [1.165, 1.54) is 101 Å². The third-order valence-electron chi connectivity index (χ3n) is 10.3. The summed E-state index contributed by atoms with van der Waals surface area (Å²) >= 11 is 0. The minimum atomic E-state index is 0.528. The predicted octanol–water partition coefficient (Wildman–Crippen LogP) is 10.5. The molecule has 0 aliphatic heterocycles. The lowest BCUT2D eigenvalue weighted by Gasteiger charge is -2.36. The highest BCUT2D eigenvalue weighted by Gasteiger charge is 2.31. The lowest BCUT2D eigenvalue weighted by molar-refractivity contribution is 0.217. The minimum Gasteiger partial charge on any atom is -0.193 e. The Morgan fingerprint density at radius 1 is 0.771 bits per heavy atom. The van der Waals surface area contributed by atoms with Crippen LogP contribution in [0.15, 0.2) is 35.4 Å². The van der Waals surface area contributed by atoms with Gasteiger partial charge in [-0.15, -0.1) is 0 Å². The first kappa shape index (κ1) is 26.5. The Kier molecular flexibility index (Phi) is 9.94. The van der Waals surface area contributed by atoms with Crippen molar-refractivity contribution in [3.05, 3.63) is 46.5 Å². The molecular weight excluding hydrogens is 422 g/mol. The van der Waals surface area contributed by atoms with Crippen LogP contribution in [-0.4, -0.2) is 0 Å². The second kappa shape index (κ2) is 13.1. The van der Waals surface area contributed by atoms with Crippen LogP contribution in [0, 0.1) is 35.0 Å². The van der Waals surface area contributed by atoms with Crippen LogP contribution in [0.4, 0.5) is 0 Å². The normalized spacial score (nSPS) is 30.6. The molecule has 1 heteroatoms. The molecule has 0 heterocycles. The molecule has 3 aliphatic rings. The van der Waals surface area contributed by atoms with Crippen molar-refractivity contribution in [1.29, 1.82) is 5.26 Å². The number of allylic oxidation sites excluding steroid dienone is 2. The molecule has 0 amide bonds. The van der Waals surface area contributed by atoms with E-state index in [-0.39, 0.29) is 0 Å². The first-order valence-electron chi connectivity index (χ1n) is 15.3. The molecule has 0 radical (unpaired) electrons. The highest BCUT2D eigenvalue weighted by atomic mass is 14.4. The summed E-state index contributed by atoms with van der Waals surface area (Å²) in [6.45, 7) is 7.08. The minimum absolute atomic E-state index is 0.528. The standard InChI is InChI=1S/C34H51N/c1-4-6-8-27-9-13-28(14-10-27)25(3)34-22-21-32(23-33(34)24-35)31-19-17-30(18-20-31)29-15-11-26(7-5-2)12-16-29/h17-20,25-29,32H,4-16,21-23H2,1-3H3. The zero-order valence-corrected chi connectivity index (χ0v) is 23.0. The molecule has 0 spiro atoms. The lowest BCUT2D eigenvalue weighted by atomic mass is 9.69. The zero-order valence-electron chi connectivity index (χ0n) is 23.0. The Bertz CT molecular complexity index is 840. The number of unbranched alkanes of at least 4 members (excludes halogenated alkanes) is 1.